The lowest BCUT2D eigenvalue weighted by Crippen LogP contribution is -2.38. The zero-order valence-electron chi connectivity index (χ0n) is 11.8. The van der Waals surface area contributed by atoms with E-state index < -0.39 is 0 Å². The van der Waals surface area contributed by atoms with Crippen molar-refractivity contribution in [3.05, 3.63) is 66.0 Å². The summed E-state index contributed by atoms with van der Waals surface area (Å²) in [7, 11) is 0. The lowest BCUT2D eigenvalue weighted by molar-refractivity contribution is -0.123. The van der Waals surface area contributed by atoms with Crippen molar-refractivity contribution >= 4 is 5.91 Å². The van der Waals surface area contributed by atoms with E-state index in [0.717, 1.165) is 24.1 Å². The van der Waals surface area contributed by atoms with Crippen molar-refractivity contribution in [3.63, 3.8) is 0 Å². The molecule has 1 amide bonds. The SMILES string of the molecule is O=C(NC1CC1)C(NCc1ccccn1)c1ccccc1. The van der Waals surface area contributed by atoms with Crippen molar-refractivity contribution in [1.29, 1.82) is 0 Å². The summed E-state index contributed by atoms with van der Waals surface area (Å²) in [5.74, 6) is 0.0413. The molecular weight excluding hydrogens is 262 g/mol. The predicted molar refractivity (Wildman–Crippen MR) is 81.4 cm³/mol. The van der Waals surface area contributed by atoms with E-state index in [1.807, 2.05) is 48.5 Å². The topological polar surface area (TPSA) is 54.0 Å². The molecule has 4 nitrogen and oxygen atoms in total. The Balaban J connectivity index is 1.70. The molecule has 0 spiro atoms. The van der Waals surface area contributed by atoms with E-state index >= 15 is 0 Å². The number of amides is 1. The number of hydrogen-bond acceptors (Lipinski definition) is 3. The maximum Gasteiger partial charge on any atom is 0.241 e. The van der Waals surface area contributed by atoms with Crippen LogP contribution in [0.5, 0.6) is 0 Å². The first-order valence-corrected chi connectivity index (χ1v) is 7.31. The van der Waals surface area contributed by atoms with Crippen LogP contribution >= 0.6 is 0 Å². The zero-order valence-corrected chi connectivity index (χ0v) is 11.8. The molecule has 0 bridgehead atoms. The predicted octanol–water partition coefficient (Wildman–Crippen LogP) is 2.19. The number of pyridine rings is 1. The smallest absolute Gasteiger partial charge is 0.241 e. The molecule has 1 fully saturated rings. The largest absolute Gasteiger partial charge is 0.352 e. The highest BCUT2D eigenvalue weighted by Gasteiger charge is 2.28. The molecule has 2 aromatic rings. The number of nitrogens with one attached hydrogen (secondary N) is 2. The Morgan fingerprint density at radius 1 is 1.14 bits per heavy atom. The number of hydrogen-bond donors (Lipinski definition) is 2. The molecule has 1 aromatic carbocycles. The molecule has 2 N–H and O–H groups in total. The zero-order chi connectivity index (χ0) is 14.5. The molecule has 1 aromatic heterocycles. The summed E-state index contributed by atoms with van der Waals surface area (Å²) in [6.07, 6.45) is 3.94. The molecule has 1 saturated carbocycles. The van der Waals surface area contributed by atoms with Crippen molar-refractivity contribution in [1.82, 2.24) is 15.6 Å². The second kappa shape index (κ2) is 6.50. The second-order valence-corrected chi connectivity index (χ2v) is 5.33. The van der Waals surface area contributed by atoms with E-state index in [4.69, 9.17) is 0 Å². The number of rotatable bonds is 6. The van der Waals surface area contributed by atoms with E-state index in [2.05, 4.69) is 15.6 Å². The van der Waals surface area contributed by atoms with E-state index in [1.165, 1.54) is 0 Å². The Labute approximate surface area is 124 Å². The van der Waals surface area contributed by atoms with Gasteiger partial charge in [0.25, 0.3) is 0 Å². The van der Waals surface area contributed by atoms with Crippen LogP contribution < -0.4 is 10.6 Å². The minimum atomic E-state index is -0.339. The van der Waals surface area contributed by atoms with Gasteiger partial charge in [-0.15, -0.1) is 0 Å². The van der Waals surface area contributed by atoms with Gasteiger partial charge in [0.15, 0.2) is 0 Å². The summed E-state index contributed by atoms with van der Waals surface area (Å²) in [6.45, 7) is 0.568. The molecule has 1 unspecified atom stereocenters. The monoisotopic (exact) mass is 281 g/mol. The second-order valence-electron chi connectivity index (χ2n) is 5.33. The highest BCUT2D eigenvalue weighted by Crippen LogP contribution is 2.21. The molecule has 0 radical (unpaired) electrons. The molecule has 3 rings (SSSR count). The fourth-order valence-corrected chi connectivity index (χ4v) is 2.23. The number of carbonyl (C=O) groups excluding carboxylic acids is 1. The van der Waals surface area contributed by atoms with Crippen LogP contribution in [0.2, 0.25) is 0 Å². The average Bonchev–Trinajstić information content (AvgIpc) is 3.33. The summed E-state index contributed by atoms with van der Waals surface area (Å²) in [5, 5.41) is 6.38. The minimum Gasteiger partial charge on any atom is -0.352 e. The van der Waals surface area contributed by atoms with Crippen LogP contribution in [0, 0.1) is 0 Å². The fourth-order valence-electron chi connectivity index (χ4n) is 2.23. The first kappa shape index (κ1) is 13.8. The van der Waals surface area contributed by atoms with Gasteiger partial charge in [0, 0.05) is 18.8 Å². The Hall–Kier alpha value is -2.20. The van der Waals surface area contributed by atoms with Crippen molar-refractivity contribution in [3.8, 4) is 0 Å². The first-order valence-electron chi connectivity index (χ1n) is 7.31. The van der Waals surface area contributed by atoms with Gasteiger partial charge in [0.2, 0.25) is 5.91 Å². The Morgan fingerprint density at radius 2 is 1.90 bits per heavy atom. The molecule has 4 heteroatoms. The lowest BCUT2D eigenvalue weighted by Gasteiger charge is -2.18. The van der Waals surface area contributed by atoms with Gasteiger partial charge in [-0.1, -0.05) is 36.4 Å². The summed E-state index contributed by atoms with van der Waals surface area (Å²) in [5.41, 5.74) is 1.91. The molecule has 1 aliphatic carbocycles. The third-order valence-corrected chi connectivity index (χ3v) is 3.53. The van der Waals surface area contributed by atoms with E-state index in [1.54, 1.807) is 6.20 Å². The van der Waals surface area contributed by atoms with E-state index in [-0.39, 0.29) is 11.9 Å². The third kappa shape index (κ3) is 3.89. The Kier molecular flexibility index (Phi) is 4.26. The number of carbonyl (C=O) groups is 1. The normalized spacial score (nSPS) is 15.4. The maximum absolute atomic E-state index is 12.4. The van der Waals surface area contributed by atoms with Gasteiger partial charge in [-0.2, -0.15) is 0 Å². The maximum atomic E-state index is 12.4. The van der Waals surface area contributed by atoms with Gasteiger partial charge < -0.3 is 5.32 Å². The molecule has 0 aliphatic heterocycles. The van der Waals surface area contributed by atoms with Crippen LogP contribution in [-0.2, 0) is 11.3 Å². The van der Waals surface area contributed by atoms with Crippen LogP contribution in [0.25, 0.3) is 0 Å². The molecule has 1 heterocycles. The quantitative estimate of drug-likeness (QED) is 0.853. The molecular formula is C17H19N3O. The van der Waals surface area contributed by atoms with Crippen LogP contribution in [-0.4, -0.2) is 16.9 Å². The number of aromatic nitrogens is 1. The average molecular weight is 281 g/mol. The van der Waals surface area contributed by atoms with Crippen LogP contribution in [0.3, 0.4) is 0 Å². The molecule has 1 aliphatic rings. The Bertz CT molecular complexity index is 581. The van der Waals surface area contributed by atoms with Crippen LogP contribution in [0.15, 0.2) is 54.7 Å². The summed E-state index contributed by atoms with van der Waals surface area (Å²) in [6, 6.07) is 15.6. The highest BCUT2D eigenvalue weighted by molar-refractivity contribution is 5.83. The standard InChI is InChI=1S/C17H19N3O/c21-17(20-14-9-10-14)16(13-6-2-1-3-7-13)19-12-15-8-4-5-11-18-15/h1-8,11,14,16,19H,9-10,12H2,(H,20,21). The van der Waals surface area contributed by atoms with E-state index in [9.17, 15) is 4.79 Å². The van der Waals surface area contributed by atoms with Crippen molar-refractivity contribution in [2.75, 3.05) is 0 Å². The van der Waals surface area contributed by atoms with Crippen molar-refractivity contribution in [2.24, 2.45) is 0 Å². The minimum absolute atomic E-state index is 0.0413. The van der Waals surface area contributed by atoms with Gasteiger partial charge in [0.1, 0.15) is 6.04 Å². The fraction of sp³-hybridized carbons (Fsp3) is 0.294. The molecule has 21 heavy (non-hydrogen) atoms. The lowest BCUT2D eigenvalue weighted by atomic mass is 10.1. The Morgan fingerprint density at radius 3 is 2.57 bits per heavy atom. The van der Waals surface area contributed by atoms with Crippen molar-refractivity contribution < 1.29 is 4.79 Å². The highest BCUT2D eigenvalue weighted by atomic mass is 16.2. The van der Waals surface area contributed by atoms with Gasteiger partial charge in [-0.3, -0.25) is 15.1 Å². The molecule has 0 saturated heterocycles. The van der Waals surface area contributed by atoms with Crippen LogP contribution in [0.4, 0.5) is 0 Å². The number of benzene rings is 1. The van der Waals surface area contributed by atoms with E-state index in [0.29, 0.717) is 12.6 Å². The molecule has 108 valence electrons. The molecule has 1 atom stereocenters. The van der Waals surface area contributed by atoms with Gasteiger partial charge in [-0.05, 0) is 30.5 Å². The number of nitrogens with zero attached hydrogens (tertiary/aromatic N) is 1. The first-order chi connectivity index (χ1) is 10.3. The summed E-state index contributed by atoms with van der Waals surface area (Å²) >= 11 is 0. The summed E-state index contributed by atoms with van der Waals surface area (Å²) in [4.78, 5) is 16.7. The van der Waals surface area contributed by atoms with Crippen LogP contribution in [0.1, 0.15) is 30.1 Å². The summed E-state index contributed by atoms with van der Waals surface area (Å²) < 4.78 is 0. The van der Waals surface area contributed by atoms with Gasteiger partial charge >= 0.3 is 0 Å². The van der Waals surface area contributed by atoms with Crippen molar-refractivity contribution in [2.45, 2.75) is 31.5 Å². The van der Waals surface area contributed by atoms with Gasteiger partial charge in [-0.25, -0.2) is 0 Å². The van der Waals surface area contributed by atoms with Gasteiger partial charge in [0.05, 0.1) is 5.69 Å². The third-order valence-electron chi connectivity index (χ3n) is 3.53.